The minimum absolute atomic E-state index is 0.0886. The minimum Gasteiger partial charge on any atom is -0.496 e. The monoisotopic (exact) mass is 459 g/mol. The summed E-state index contributed by atoms with van der Waals surface area (Å²) in [6, 6.07) is 19.9. The molecule has 8 nitrogen and oxygen atoms in total. The number of amides is 1. The van der Waals surface area contributed by atoms with Gasteiger partial charge in [-0.05, 0) is 17.7 Å². The lowest BCUT2D eigenvalue weighted by molar-refractivity contribution is 0.0721. The van der Waals surface area contributed by atoms with E-state index in [-0.39, 0.29) is 18.0 Å². The van der Waals surface area contributed by atoms with Crippen molar-refractivity contribution in [3.8, 4) is 17.2 Å². The van der Waals surface area contributed by atoms with Gasteiger partial charge >= 0.3 is 0 Å². The lowest BCUT2D eigenvalue weighted by Crippen LogP contribution is -2.32. The van der Waals surface area contributed by atoms with E-state index in [1.165, 1.54) is 21.3 Å². The van der Waals surface area contributed by atoms with Gasteiger partial charge in [-0.2, -0.15) is 0 Å². The maximum Gasteiger partial charge on any atom is 0.258 e. The summed E-state index contributed by atoms with van der Waals surface area (Å²) < 4.78 is 16.2. The Labute approximate surface area is 196 Å². The van der Waals surface area contributed by atoms with Gasteiger partial charge in [-0.1, -0.05) is 42.5 Å². The van der Waals surface area contributed by atoms with Gasteiger partial charge in [0.25, 0.3) is 11.5 Å². The molecule has 0 saturated carbocycles. The van der Waals surface area contributed by atoms with Crippen molar-refractivity contribution in [2.75, 3.05) is 21.3 Å². The van der Waals surface area contributed by atoms with Crippen LogP contribution in [0.3, 0.4) is 0 Å². The number of hydrogen-bond donors (Lipinski definition) is 1. The predicted molar refractivity (Wildman–Crippen MR) is 128 cm³/mol. The molecule has 0 saturated heterocycles. The molecule has 174 valence electrons. The summed E-state index contributed by atoms with van der Waals surface area (Å²) in [6.07, 6.45) is 0. The number of carbonyl (C=O) groups excluding carboxylic acids is 1. The predicted octanol–water partition coefficient (Wildman–Crippen LogP) is 3.79. The van der Waals surface area contributed by atoms with Crippen LogP contribution in [0, 0.1) is 0 Å². The number of methoxy groups -OCH3 is 3. The topological polar surface area (TPSA) is 93.8 Å². The molecule has 0 atom stereocenters. The fourth-order valence-corrected chi connectivity index (χ4v) is 3.76. The van der Waals surface area contributed by atoms with Crippen LogP contribution in [0.5, 0.6) is 17.2 Å². The first kappa shape index (κ1) is 22.8. The maximum atomic E-state index is 13.8. The van der Waals surface area contributed by atoms with Gasteiger partial charge in [0.2, 0.25) is 0 Å². The number of para-hydroxylation sites is 1. The third-order valence-electron chi connectivity index (χ3n) is 5.44. The van der Waals surface area contributed by atoms with E-state index in [1.807, 2.05) is 36.4 Å². The molecule has 4 rings (SSSR count). The van der Waals surface area contributed by atoms with Crippen LogP contribution < -0.4 is 19.8 Å². The van der Waals surface area contributed by atoms with Crippen molar-refractivity contribution in [3.63, 3.8) is 0 Å². The van der Waals surface area contributed by atoms with Crippen LogP contribution in [0.1, 0.15) is 21.7 Å². The van der Waals surface area contributed by atoms with Crippen molar-refractivity contribution >= 4 is 16.8 Å². The Kier molecular flexibility index (Phi) is 6.77. The number of fused-ring (bicyclic) bond motifs is 1. The molecule has 0 fully saturated rings. The summed E-state index contributed by atoms with van der Waals surface area (Å²) in [5, 5.41) is 0.494. The van der Waals surface area contributed by atoms with Crippen molar-refractivity contribution in [3.05, 3.63) is 94.0 Å². The molecule has 1 amide bonds. The highest BCUT2D eigenvalue weighted by Crippen LogP contribution is 2.35. The number of nitrogens with one attached hydrogen (secondary N) is 1. The molecular weight excluding hydrogens is 434 g/mol. The molecule has 0 spiro atoms. The maximum absolute atomic E-state index is 13.8. The first-order valence-electron chi connectivity index (χ1n) is 10.6. The normalized spacial score (nSPS) is 10.7. The molecule has 1 aromatic heterocycles. The summed E-state index contributed by atoms with van der Waals surface area (Å²) in [7, 11) is 4.51. The van der Waals surface area contributed by atoms with Crippen LogP contribution in [0.15, 0.2) is 71.5 Å². The first-order chi connectivity index (χ1) is 16.5. The Bertz CT molecular complexity index is 1370. The molecule has 1 N–H and O–H groups in total. The second-order valence-electron chi connectivity index (χ2n) is 7.58. The zero-order valence-corrected chi connectivity index (χ0v) is 19.2. The van der Waals surface area contributed by atoms with Gasteiger partial charge in [0, 0.05) is 18.7 Å². The third kappa shape index (κ3) is 4.71. The summed E-state index contributed by atoms with van der Waals surface area (Å²) in [6.45, 7) is 0.388. The van der Waals surface area contributed by atoms with Crippen LogP contribution in [0.25, 0.3) is 10.9 Å². The number of nitrogens with zero attached hydrogens (tertiary/aromatic N) is 2. The summed E-state index contributed by atoms with van der Waals surface area (Å²) >= 11 is 0. The van der Waals surface area contributed by atoms with Gasteiger partial charge in [-0.15, -0.1) is 0 Å². The van der Waals surface area contributed by atoms with Crippen LogP contribution in [-0.2, 0) is 13.1 Å². The van der Waals surface area contributed by atoms with Gasteiger partial charge < -0.3 is 24.1 Å². The van der Waals surface area contributed by atoms with Crippen molar-refractivity contribution < 1.29 is 19.0 Å². The van der Waals surface area contributed by atoms with E-state index in [0.717, 1.165) is 5.56 Å². The van der Waals surface area contributed by atoms with Crippen molar-refractivity contribution in [1.29, 1.82) is 0 Å². The SMILES string of the molecule is COc1cc(OC)c(C(=O)N(Cc2ccccc2)Cc2nc3ccccc3c(=O)[nH]2)cc1OC. The highest BCUT2D eigenvalue weighted by molar-refractivity contribution is 5.97. The zero-order valence-electron chi connectivity index (χ0n) is 19.2. The van der Waals surface area contributed by atoms with Crippen LogP contribution in [0.4, 0.5) is 0 Å². The van der Waals surface area contributed by atoms with E-state index in [9.17, 15) is 9.59 Å². The quantitative estimate of drug-likeness (QED) is 0.431. The average molecular weight is 460 g/mol. The Balaban J connectivity index is 1.76. The number of hydrogen-bond acceptors (Lipinski definition) is 6. The van der Waals surface area contributed by atoms with Crippen LogP contribution in [-0.4, -0.2) is 42.1 Å². The fraction of sp³-hybridized carbons (Fsp3) is 0.192. The molecular formula is C26H25N3O5. The van der Waals surface area contributed by atoms with Gasteiger partial charge in [0.15, 0.2) is 11.5 Å². The zero-order chi connectivity index (χ0) is 24.1. The number of H-pyrrole nitrogens is 1. The van der Waals surface area contributed by atoms with E-state index in [0.29, 0.717) is 46.1 Å². The number of ether oxygens (including phenoxy) is 3. The molecule has 8 heteroatoms. The van der Waals surface area contributed by atoms with Crippen molar-refractivity contribution in [2.45, 2.75) is 13.1 Å². The van der Waals surface area contributed by atoms with Crippen molar-refractivity contribution in [1.82, 2.24) is 14.9 Å². The Morgan fingerprint density at radius 1 is 0.853 bits per heavy atom. The smallest absolute Gasteiger partial charge is 0.258 e. The molecule has 0 unspecified atom stereocenters. The highest BCUT2D eigenvalue weighted by Gasteiger charge is 2.24. The number of aromatic nitrogens is 2. The number of benzene rings is 3. The summed E-state index contributed by atoms with van der Waals surface area (Å²) in [5.74, 6) is 1.28. The molecule has 0 aliphatic heterocycles. The van der Waals surface area contributed by atoms with Gasteiger partial charge in [-0.25, -0.2) is 4.98 Å². The number of carbonyl (C=O) groups is 1. The summed E-state index contributed by atoms with van der Waals surface area (Å²) in [5.41, 5.74) is 1.55. The van der Waals surface area contributed by atoms with E-state index < -0.39 is 0 Å². The molecule has 1 heterocycles. The lowest BCUT2D eigenvalue weighted by Gasteiger charge is -2.24. The van der Waals surface area contributed by atoms with Crippen LogP contribution >= 0.6 is 0 Å². The molecule has 0 radical (unpaired) electrons. The first-order valence-corrected chi connectivity index (χ1v) is 10.6. The molecule has 0 aliphatic carbocycles. The van der Waals surface area contributed by atoms with Gasteiger partial charge in [-0.3, -0.25) is 9.59 Å². The second kappa shape index (κ2) is 10.1. The fourth-order valence-electron chi connectivity index (χ4n) is 3.76. The van der Waals surface area contributed by atoms with Gasteiger partial charge in [0.05, 0.1) is 44.3 Å². The largest absolute Gasteiger partial charge is 0.496 e. The molecule has 0 bridgehead atoms. The van der Waals surface area contributed by atoms with E-state index in [2.05, 4.69) is 9.97 Å². The Morgan fingerprint density at radius 3 is 2.21 bits per heavy atom. The van der Waals surface area contributed by atoms with Gasteiger partial charge in [0.1, 0.15) is 11.6 Å². The minimum atomic E-state index is -0.308. The van der Waals surface area contributed by atoms with E-state index in [1.54, 1.807) is 35.2 Å². The Hall–Kier alpha value is -4.33. The molecule has 4 aromatic rings. The second-order valence-corrected chi connectivity index (χ2v) is 7.58. The average Bonchev–Trinajstić information content (AvgIpc) is 2.87. The lowest BCUT2D eigenvalue weighted by atomic mass is 10.1. The summed E-state index contributed by atoms with van der Waals surface area (Å²) in [4.78, 5) is 35.3. The third-order valence-corrected chi connectivity index (χ3v) is 5.44. The highest BCUT2D eigenvalue weighted by atomic mass is 16.5. The Morgan fingerprint density at radius 2 is 1.50 bits per heavy atom. The standard InChI is InChI=1S/C26H25N3O5/c1-32-21-14-23(34-3)22(33-2)13-19(21)26(31)29(15-17-9-5-4-6-10-17)16-24-27-20-12-8-7-11-18(20)25(30)28-24/h4-14H,15-16H2,1-3H3,(H,27,28,30). The molecule has 0 aliphatic rings. The van der Waals surface area contributed by atoms with E-state index in [4.69, 9.17) is 14.2 Å². The van der Waals surface area contributed by atoms with E-state index >= 15 is 0 Å². The molecule has 3 aromatic carbocycles. The number of aromatic amines is 1. The molecule has 34 heavy (non-hydrogen) atoms. The van der Waals surface area contributed by atoms with Crippen molar-refractivity contribution in [2.24, 2.45) is 0 Å². The number of rotatable bonds is 8. The van der Waals surface area contributed by atoms with Crippen LogP contribution in [0.2, 0.25) is 0 Å².